The van der Waals surface area contributed by atoms with Gasteiger partial charge < -0.3 is 10.2 Å². The van der Waals surface area contributed by atoms with Crippen molar-refractivity contribution in [2.45, 2.75) is 58.9 Å². The Labute approximate surface area is 106 Å². The van der Waals surface area contributed by atoms with Gasteiger partial charge in [0.25, 0.3) is 0 Å². The Kier molecular flexibility index (Phi) is 6.56. The molecule has 17 heavy (non-hydrogen) atoms. The molecule has 1 amide bonds. The molecule has 1 aliphatic rings. The molecule has 1 aliphatic heterocycles. The van der Waals surface area contributed by atoms with E-state index in [1.807, 2.05) is 0 Å². The van der Waals surface area contributed by atoms with E-state index >= 15 is 0 Å². The number of hydrogen-bond donors (Lipinski definition) is 1. The average molecular weight is 240 g/mol. The van der Waals surface area contributed by atoms with Gasteiger partial charge in [0, 0.05) is 25.6 Å². The second kappa shape index (κ2) is 7.70. The lowest BCUT2D eigenvalue weighted by atomic mass is 9.93. The van der Waals surface area contributed by atoms with Crippen LogP contribution in [0.1, 0.15) is 52.9 Å². The molecule has 0 saturated carbocycles. The first-order valence-corrected chi connectivity index (χ1v) is 7.20. The van der Waals surface area contributed by atoms with Crippen molar-refractivity contribution in [3.8, 4) is 0 Å². The lowest BCUT2D eigenvalue weighted by Gasteiger charge is -2.37. The van der Waals surface area contributed by atoms with Crippen LogP contribution in [0.3, 0.4) is 0 Å². The molecule has 2 unspecified atom stereocenters. The molecule has 1 N–H and O–H groups in total. The number of likely N-dealkylation sites (tertiary alicyclic amines) is 1. The van der Waals surface area contributed by atoms with Crippen LogP contribution in [-0.2, 0) is 4.79 Å². The number of hydrogen-bond acceptors (Lipinski definition) is 2. The average Bonchev–Trinajstić information content (AvgIpc) is 2.32. The fourth-order valence-corrected chi connectivity index (χ4v) is 2.62. The molecule has 3 nitrogen and oxygen atoms in total. The fourth-order valence-electron chi connectivity index (χ4n) is 2.62. The van der Waals surface area contributed by atoms with Gasteiger partial charge in [-0.25, -0.2) is 0 Å². The molecule has 100 valence electrons. The fraction of sp³-hybridized carbons (Fsp3) is 0.929. The number of carbonyl (C=O) groups excluding carboxylic acids is 1. The zero-order valence-electron chi connectivity index (χ0n) is 11.7. The summed E-state index contributed by atoms with van der Waals surface area (Å²) in [7, 11) is 0. The van der Waals surface area contributed by atoms with E-state index in [1.54, 1.807) is 0 Å². The number of unbranched alkanes of at least 4 members (excludes halogenated alkanes) is 2. The first kappa shape index (κ1) is 14.5. The minimum Gasteiger partial charge on any atom is -0.342 e. The third kappa shape index (κ3) is 4.66. The number of amides is 1. The molecule has 0 aromatic rings. The molecule has 1 rings (SSSR count). The summed E-state index contributed by atoms with van der Waals surface area (Å²) in [6, 6.07) is 0.597. The van der Waals surface area contributed by atoms with Crippen molar-refractivity contribution < 1.29 is 4.79 Å². The molecule has 3 heteroatoms. The monoisotopic (exact) mass is 240 g/mol. The van der Waals surface area contributed by atoms with Crippen LogP contribution >= 0.6 is 0 Å². The van der Waals surface area contributed by atoms with E-state index in [0.29, 0.717) is 17.9 Å². The maximum Gasteiger partial charge on any atom is 0.222 e. The summed E-state index contributed by atoms with van der Waals surface area (Å²) in [5.41, 5.74) is 0. The molecular weight excluding hydrogens is 212 g/mol. The molecule has 0 aromatic heterocycles. The van der Waals surface area contributed by atoms with Gasteiger partial charge in [0.15, 0.2) is 0 Å². The predicted molar refractivity (Wildman–Crippen MR) is 72.0 cm³/mol. The highest BCUT2D eigenvalue weighted by molar-refractivity contribution is 5.76. The van der Waals surface area contributed by atoms with E-state index in [4.69, 9.17) is 0 Å². The van der Waals surface area contributed by atoms with Crippen LogP contribution in [0, 0.1) is 5.92 Å². The number of nitrogens with zero attached hydrogens (tertiary/aromatic N) is 1. The summed E-state index contributed by atoms with van der Waals surface area (Å²) in [4.78, 5) is 14.1. The van der Waals surface area contributed by atoms with Crippen molar-refractivity contribution in [3.05, 3.63) is 0 Å². The minimum absolute atomic E-state index is 0.361. The third-order valence-electron chi connectivity index (χ3n) is 3.72. The van der Waals surface area contributed by atoms with Crippen LogP contribution in [0.15, 0.2) is 0 Å². The van der Waals surface area contributed by atoms with Crippen molar-refractivity contribution in [1.29, 1.82) is 0 Å². The molecule has 0 aliphatic carbocycles. The van der Waals surface area contributed by atoms with Gasteiger partial charge in [0.1, 0.15) is 0 Å². The molecule has 2 atom stereocenters. The summed E-state index contributed by atoms with van der Waals surface area (Å²) in [6.07, 6.45) is 5.26. The van der Waals surface area contributed by atoms with Gasteiger partial charge in [0.2, 0.25) is 5.91 Å². The molecule has 1 fully saturated rings. The van der Waals surface area contributed by atoms with Crippen molar-refractivity contribution in [1.82, 2.24) is 10.2 Å². The molecule has 0 aromatic carbocycles. The van der Waals surface area contributed by atoms with E-state index in [0.717, 1.165) is 38.9 Å². The Morgan fingerprint density at radius 2 is 2.12 bits per heavy atom. The van der Waals surface area contributed by atoms with Crippen LogP contribution in [-0.4, -0.2) is 36.5 Å². The van der Waals surface area contributed by atoms with Gasteiger partial charge >= 0.3 is 0 Å². The summed E-state index contributed by atoms with van der Waals surface area (Å²) >= 11 is 0. The summed E-state index contributed by atoms with van der Waals surface area (Å²) in [5.74, 6) is 0.944. The van der Waals surface area contributed by atoms with E-state index in [9.17, 15) is 4.79 Å². The van der Waals surface area contributed by atoms with Crippen molar-refractivity contribution in [2.24, 2.45) is 5.92 Å². The Bertz CT molecular complexity index is 230. The summed E-state index contributed by atoms with van der Waals surface area (Å²) < 4.78 is 0. The molecular formula is C14H28N2O. The topological polar surface area (TPSA) is 32.3 Å². The maximum atomic E-state index is 12.0. The number of rotatable bonds is 6. The van der Waals surface area contributed by atoms with Crippen LogP contribution in [0.5, 0.6) is 0 Å². The highest BCUT2D eigenvalue weighted by Crippen LogP contribution is 2.18. The Morgan fingerprint density at radius 3 is 2.71 bits per heavy atom. The van der Waals surface area contributed by atoms with Crippen molar-refractivity contribution >= 4 is 5.91 Å². The van der Waals surface area contributed by atoms with Crippen LogP contribution in [0.25, 0.3) is 0 Å². The first-order chi connectivity index (χ1) is 8.19. The van der Waals surface area contributed by atoms with Crippen LogP contribution in [0.2, 0.25) is 0 Å². The minimum atomic E-state index is 0.361. The molecule has 0 radical (unpaired) electrons. The Hall–Kier alpha value is -0.570. The normalized spacial score (nSPS) is 25.0. The maximum absolute atomic E-state index is 12.0. The second-order valence-electron chi connectivity index (χ2n) is 5.23. The highest BCUT2D eigenvalue weighted by Gasteiger charge is 2.27. The number of carbonyl (C=O) groups is 1. The summed E-state index contributed by atoms with van der Waals surface area (Å²) in [6.45, 7) is 9.47. The SMILES string of the molecule is CCCCCC(=O)N1CCC(NCC)C(C)C1. The van der Waals surface area contributed by atoms with Crippen molar-refractivity contribution in [2.75, 3.05) is 19.6 Å². The summed E-state index contributed by atoms with van der Waals surface area (Å²) in [5, 5.41) is 3.51. The smallest absolute Gasteiger partial charge is 0.222 e. The Balaban J connectivity index is 2.30. The standard InChI is InChI=1S/C14H28N2O/c1-4-6-7-8-14(17)16-10-9-13(15-5-2)12(3)11-16/h12-13,15H,4-11H2,1-3H3. The van der Waals surface area contributed by atoms with E-state index in [1.165, 1.54) is 12.8 Å². The largest absolute Gasteiger partial charge is 0.342 e. The molecule has 0 bridgehead atoms. The zero-order valence-corrected chi connectivity index (χ0v) is 11.7. The van der Waals surface area contributed by atoms with Gasteiger partial charge in [0.05, 0.1) is 0 Å². The molecule has 1 heterocycles. The zero-order chi connectivity index (χ0) is 12.7. The van der Waals surface area contributed by atoms with Gasteiger partial charge in [-0.05, 0) is 25.3 Å². The first-order valence-electron chi connectivity index (χ1n) is 7.20. The van der Waals surface area contributed by atoms with Gasteiger partial charge in [-0.3, -0.25) is 4.79 Å². The highest BCUT2D eigenvalue weighted by atomic mass is 16.2. The quantitative estimate of drug-likeness (QED) is 0.723. The second-order valence-corrected chi connectivity index (χ2v) is 5.23. The van der Waals surface area contributed by atoms with Crippen LogP contribution in [0.4, 0.5) is 0 Å². The number of piperidine rings is 1. The van der Waals surface area contributed by atoms with Crippen molar-refractivity contribution in [3.63, 3.8) is 0 Å². The van der Waals surface area contributed by atoms with Crippen LogP contribution < -0.4 is 5.32 Å². The number of nitrogens with one attached hydrogen (secondary N) is 1. The van der Waals surface area contributed by atoms with Gasteiger partial charge in [-0.15, -0.1) is 0 Å². The lowest BCUT2D eigenvalue weighted by Crippen LogP contribution is -2.50. The predicted octanol–water partition coefficient (Wildman–Crippen LogP) is 2.41. The van der Waals surface area contributed by atoms with E-state index < -0.39 is 0 Å². The Morgan fingerprint density at radius 1 is 1.35 bits per heavy atom. The van der Waals surface area contributed by atoms with E-state index in [2.05, 4.69) is 31.0 Å². The third-order valence-corrected chi connectivity index (χ3v) is 3.72. The van der Waals surface area contributed by atoms with E-state index in [-0.39, 0.29) is 0 Å². The molecule has 1 saturated heterocycles. The molecule has 0 spiro atoms. The van der Waals surface area contributed by atoms with Gasteiger partial charge in [-0.1, -0.05) is 33.6 Å². The van der Waals surface area contributed by atoms with Gasteiger partial charge in [-0.2, -0.15) is 0 Å². The lowest BCUT2D eigenvalue weighted by molar-refractivity contribution is -0.133.